The predicted molar refractivity (Wildman–Crippen MR) is 114 cm³/mol. The summed E-state index contributed by atoms with van der Waals surface area (Å²) < 4.78 is 44.1. The molecule has 0 aromatic heterocycles. The molecule has 0 saturated carbocycles. The summed E-state index contributed by atoms with van der Waals surface area (Å²) in [7, 11) is 4.47. The molecular formula is C23H22F2N2O4. The van der Waals surface area contributed by atoms with Crippen molar-refractivity contribution in [1.29, 1.82) is 0 Å². The zero-order valence-electron chi connectivity index (χ0n) is 17.3. The second-order valence-electron chi connectivity index (χ2n) is 6.52. The summed E-state index contributed by atoms with van der Waals surface area (Å²) in [5.74, 6) is -0.300. The molecule has 0 aliphatic carbocycles. The quantitative estimate of drug-likeness (QED) is 0.557. The summed E-state index contributed by atoms with van der Waals surface area (Å²) in [6.45, 7) is 0.103. The maximum atomic E-state index is 14.5. The highest BCUT2D eigenvalue weighted by atomic mass is 19.1. The van der Waals surface area contributed by atoms with Crippen LogP contribution in [0.25, 0.3) is 11.1 Å². The maximum absolute atomic E-state index is 14.5. The molecule has 8 heteroatoms. The van der Waals surface area contributed by atoms with Gasteiger partial charge in [0.25, 0.3) is 0 Å². The Morgan fingerprint density at radius 3 is 2.13 bits per heavy atom. The molecule has 3 aromatic carbocycles. The largest absolute Gasteiger partial charge is 0.493 e. The van der Waals surface area contributed by atoms with Gasteiger partial charge in [0.15, 0.2) is 11.5 Å². The van der Waals surface area contributed by atoms with Gasteiger partial charge in [-0.05, 0) is 29.3 Å². The Balaban J connectivity index is 1.80. The van der Waals surface area contributed by atoms with Gasteiger partial charge < -0.3 is 24.8 Å². The number of urea groups is 1. The number of rotatable bonds is 7. The van der Waals surface area contributed by atoms with Crippen molar-refractivity contribution in [3.05, 3.63) is 71.8 Å². The molecule has 0 saturated heterocycles. The standard InChI is InChI=1S/C23H22F2N2O4/c1-29-19-9-14(10-20(30-2)22(19)31-3)13-26-23(28)27-21-17(11-16(24)12-18(21)25)15-7-5-4-6-8-15/h4-12H,13H2,1-3H3,(H2,26,27,28). The number of anilines is 1. The third-order valence-corrected chi connectivity index (χ3v) is 4.56. The molecule has 0 aliphatic heterocycles. The molecule has 0 aliphatic rings. The van der Waals surface area contributed by atoms with Gasteiger partial charge in [0.1, 0.15) is 11.6 Å². The number of carbonyl (C=O) groups excluding carboxylic acids is 1. The molecule has 31 heavy (non-hydrogen) atoms. The van der Waals surface area contributed by atoms with Crippen LogP contribution in [0.2, 0.25) is 0 Å². The van der Waals surface area contributed by atoms with E-state index in [4.69, 9.17) is 14.2 Å². The number of hydrogen-bond donors (Lipinski definition) is 2. The molecule has 0 atom stereocenters. The van der Waals surface area contributed by atoms with Gasteiger partial charge in [-0.3, -0.25) is 0 Å². The molecule has 2 amide bonds. The topological polar surface area (TPSA) is 68.8 Å². The molecule has 162 valence electrons. The Labute approximate surface area is 178 Å². The number of carbonyl (C=O) groups is 1. The first kappa shape index (κ1) is 21.9. The zero-order chi connectivity index (χ0) is 22.4. The van der Waals surface area contributed by atoms with E-state index in [0.29, 0.717) is 28.4 Å². The van der Waals surface area contributed by atoms with Crippen LogP contribution in [0.15, 0.2) is 54.6 Å². The second-order valence-corrected chi connectivity index (χ2v) is 6.52. The van der Waals surface area contributed by atoms with Gasteiger partial charge in [-0.25, -0.2) is 13.6 Å². The average Bonchev–Trinajstić information content (AvgIpc) is 2.78. The molecule has 2 N–H and O–H groups in total. The molecule has 0 bridgehead atoms. The van der Waals surface area contributed by atoms with Gasteiger partial charge >= 0.3 is 6.03 Å². The minimum atomic E-state index is -0.873. The Bertz CT molecular complexity index is 1050. The third-order valence-electron chi connectivity index (χ3n) is 4.56. The Hall–Kier alpha value is -3.81. The van der Waals surface area contributed by atoms with E-state index in [0.717, 1.165) is 6.07 Å². The van der Waals surface area contributed by atoms with E-state index >= 15 is 0 Å². The second kappa shape index (κ2) is 9.80. The predicted octanol–water partition coefficient (Wildman–Crippen LogP) is 4.98. The first-order valence-corrected chi connectivity index (χ1v) is 9.35. The third kappa shape index (κ3) is 5.03. The van der Waals surface area contributed by atoms with Gasteiger partial charge in [-0.2, -0.15) is 0 Å². The van der Waals surface area contributed by atoms with Gasteiger partial charge in [0, 0.05) is 18.2 Å². The summed E-state index contributed by atoms with van der Waals surface area (Å²) >= 11 is 0. The fraction of sp³-hybridized carbons (Fsp3) is 0.174. The molecule has 0 radical (unpaired) electrons. The SMILES string of the molecule is COc1cc(CNC(=O)Nc2c(F)cc(F)cc2-c2ccccc2)cc(OC)c1OC. The van der Waals surface area contributed by atoms with E-state index in [-0.39, 0.29) is 17.8 Å². The molecule has 0 fully saturated rings. The molecule has 0 unspecified atom stereocenters. The van der Waals surface area contributed by atoms with Gasteiger partial charge in [-0.15, -0.1) is 0 Å². The number of halogens is 2. The maximum Gasteiger partial charge on any atom is 0.319 e. The highest BCUT2D eigenvalue weighted by Gasteiger charge is 2.17. The summed E-state index contributed by atoms with van der Waals surface area (Å²) in [4.78, 5) is 12.5. The molecule has 0 spiro atoms. The molecular weight excluding hydrogens is 406 g/mol. The van der Waals surface area contributed by atoms with Gasteiger partial charge in [0.2, 0.25) is 5.75 Å². The van der Waals surface area contributed by atoms with Gasteiger partial charge in [-0.1, -0.05) is 30.3 Å². The highest BCUT2D eigenvalue weighted by molar-refractivity contribution is 5.94. The molecule has 3 rings (SSSR count). The first-order valence-electron chi connectivity index (χ1n) is 9.35. The number of benzene rings is 3. The Kier molecular flexibility index (Phi) is 6.92. The van der Waals surface area contributed by atoms with Crippen molar-refractivity contribution in [2.45, 2.75) is 6.54 Å². The van der Waals surface area contributed by atoms with E-state index in [9.17, 15) is 13.6 Å². The van der Waals surface area contributed by atoms with Crippen LogP contribution in [0.5, 0.6) is 17.2 Å². The average molecular weight is 428 g/mol. The number of hydrogen-bond acceptors (Lipinski definition) is 4. The van der Waals surface area contributed by atoms with Crippen molar-refractivity contribution < 1.29 is 27.8 Å². The Morgan fingerprint density at radius 2 is 1.55 bits per heavy atom. The van der Waals surface area contributed by atoms with Gasteiger partial charge in [0.05, 0.1) is 27.0 Å². The van der Waals surface area contributed by atoms with E-state index in [2.05, 4.69) is 10.6 Å². The molecule has 6 nitrogen and oxygen atoms in total. The van der Waals surface area contributed by atoms with Crippen LogP contribution in [0, 0.1) is 11.6 Å². The minimum Gasteiger partial charge on any atom is -0.493 e. The number of amides is 2. The smallest absolute Gasteiger partial charge is 0.319 e. The molecule has 0 heterocycles. The van der Waals surface area contributed by atoms with Crippen molar-refractivity contribution in [1.82, 2.24) is 5.32 Å². The number of ether oxygens (including phenoxy) is 3. The van der Waals surface area contributed by atoms with Crippen molar-refractivity contribution in [2.75, 3.05) is 26.6 Å². The van der Waals surface area contributed by atoms with Crippen LogP contribution in [0.4, 0.5) is 19.3 Å². The fourth-order valence-electron chi connectivity index (χ4n) is 3.12. The zero-order valence-corrected chi connectivity index (χ0v) is 17.3. The van der Waals surface area contributed by atoms with E-state index < -0.39 is 17.7 Å². The minimum absolute atomic E-state index is 0.103. The van der Waals surface area contributed by atoms with E-state index in [1.807, 2.05) is 0 Å². The number of nitrogens with one attached hydrogen (secondary N) is 2. The van der Waals surface area contributed by atoms with E-state index in [1.54, 1.807) is 42.5 Å². The lowest BCUT2D eigenvalue weighted by Gasteiger charge is -2.16. The fourth-order valence-corrected chi connectivity index (χ4v) is 3.12. The number of methoxy groups -OCH3 is 3. The lowest BCUT2D eigenvalue weighted by molar-refractivity contribution is 0.251. The van der Waals surface area contributed by atoms with Crippen LogP contribution < -0.4 is 24.8 Å². The first-order chi connectivity index (χ1) is 15.0. The van der Waals surface area contributed by atoms with Crippen LogP contribution in [-0.2, 0) is 6.54 Å². The van der Waals surface area contributed by atoms with Crippen molar-refractivity contribution >= 4 is 11.7 Å². The van der Waals surface area contributed by atoms with Crippen LogP contribution in [-0.4, -0.2) is 27.4 Å². The van der Waals surface area contributed by atoms with Crippen molar-refractivity contribution in [2.24, 2.45) is 0 Å². The summed E-state index contributed by atoms with van der Waals surface area (Å²) in [5.41, 5.74) is 1.37. The lowest BCUT2D eigenvalue weighted by atomic mass is 10.0. The van der Waals surface area contributed by atoms with E-state index in [1.165, 1.54) is 27.4 Å². The summed E-state index contributed by atoms with van der Waals surface area (Å²) in [6, 6.07) is 13.3. The van der Waals surface area contributed by atoms with Crippen LogP contribution in [0.1, 0.15) is 5.56 Å². The normalized spacial score (nSPS) is 10.4. The Morgan fingerprint density at radius 1 is 0.903 bits per heavy atom. The highest BCUT2D eigenvalue weighted by Crippen LogP contribution is 2.38. The lowest BCUT2D eigenvalue weighted by Crippen LogP contribution is -2.29. The summed E-state index contributed by atoms with van der Waals surface area (Å²) in [6.07, 6.45) is 0. The van der Waals surface area contributed by atoms with Crippen LogP contribution >= 0.6 is 0 Å². The monoisotopic (exact) mass is 428 g/mol. The van der Waals surface area contributed by atoms with Crippen LogP contribution in [0.3, 0.4) is 0 Å². The van der Waals surface area contributed by atoms with Crippen molar-refractivity contribution in [3.8, 4) is 28.4 Å². The summed E-state index contributed by atoms with van der Waals surface area (Å²) in [5, 5.41) is 5.12. The van der Waals surface area contributed by atoms with Crippen molar-refractivity contribution in [3.63, 3.8) is 0 Å². The molecule has 3 aromatic rings.